The molecule has 29 heavy (non-hydrogen) atoms. The van der Waals surface area contributed by atoms with Gasteiger partial charge in [0.05, 0.1) is 12.3 Å². The molecule has 1 aromatic carbocycles. The van der Waals surface area contributed by atoms with Gasteiger partial charge in [0.2, 0.25) is 0 Å². The number of ether oxygens (including phenoxy) is 1. The van der Waals surface area contributed by atoms with Gasteiger partial charge in [-0.3, -0.25) is 9.20 Å². The van der Waals surface area contributed by atoms with Crippen LogP contribution < -0.4 is 15.0 Å². The minimum atomic E-state index is -0.165. The quantitative estimate of drug-likeness (QED) is 0.601. The van der Waals surface area contributed by atoms with Crippen LogP contribution in [0.25, 0.3) is 5.65 Å². The van der Waals surface area contributed by atoms with Crippen molar-refractivity contribution in [2.75, 3.05) is 29.9 Å². The molecule has 0 radical (unpaired) electrons. The molecule has 0 spiro atoms. The molecule has 0 aliphatic heterocycles. The number of amides is 1. The first kappa shape index (κ1) is 20.7. The largest absolute Gasteiger partial charge is 0.490 e. The van der Waals surface area contributed by atoms with Crippen LogP contribution in [0.5, 0.6) is 5.75 Å². The fraction of sp³-hybridized carbons (Fsp3) is 0.391. The summed E-state index contributed by atoms with van der Waals surface area (Å²) in [5, 5.41) is 3.07. The van der Waals surface area contributed by atoms with Crippen molar-refractivity contribution in [3.05, 3.63) is 53.5 Å². The van der Waals surface area contributed by atoms with Gasteiger partial charge < -0.3 is 15.0 Å². The Hall–Kier alpha value is -3.02. The highest BCUT2D eigenvalue weighted by molar-refractivity contribution is 6.05. The summed E-state index contributed by atoms with van der Waals surface area (Å²) in [5.41, 5.74) is 4.98. The number of hydrogen-bond acceptors (Lipinski definition) is 4. The van der Waals surface area contributed by atoms with Crippen molar-refractivity contribution < 1.29 is 9.53 Å². The first-order chi connectivity index (χ1) is 14.0. The number of aromatic nitrogens is 2. The Bertz CT molecular complexity index is 1010. The van der Waals surface area contributed by atoms with Gasteiger partial charge in [-0.1, -0.05) is 6.92 Å². The zero-order valence-corrected chi connectivity index (χ0v) is 18.0. The van der Waals surface area contributed by atoms with E-state index in [1.807, 2.05) is 49.6 Å². The Balaban J connectivity index is 1.95. The molecule has 0 fully saturated rings. The molecule has 0 aliphatic rings. The van der Waals surface area contributed by atoms with Crippen molar-refractivity contribution in [2.24, 2.45) is 0 Å². The summed E-state index contributed by atoms with van der Waals surface area (Å²) in [6, 6.07) is 9.90. The Morgan fingerprint density at radius 2 is 1.93 bits per heavy atom. The number of carbonyl (C=O) groups is 1. The second-order valence-electron chi connectivity index (χ2n) is 6.89. The fourth-order valence-corrected chi connectivity index (χ4v) is 3.60. The van der Waals surface area contributed by atoms with Crippen LogP contribution in [-0.4, -0.2) is 35.0 Å². The van der Waals surface area contributed by atoms with Crippen LogP contribution in [0.15, 0.2) is 36.5 Å². The van der Waals surface area contributed by atoms with Gasteiger partial charge in [0, 0.05) is 30.7 Å². The van der Waals surface area contributed by atoms with E-state index in [1.165, 1.54) is 0 Å². The maximum Gasteiger partial charge on any atom is 0.274 e. The highest BCUT2D eigenvalue weighted by Crippen LogP contribution is 2.26. The topological polar surface area (TPSA) is 58.9 Å². The number of pyridine rings is 1. The zero-order chi connectivity index (χ0) is 21.0. The van der Waals surface area contributed by atoms with E-state index in [4.69, 9.17) is 4.74 Å². The van der Waals surface area contributed by atoms with E-state index >= 15 is 0 Å². The van der Waals surface area contributed by atoms with Crippen LogP contribution in [0.4, 0.5) is 11.4 Å². The Morgan fingerprint density at radius 1 is 1.17 bits per heavy atom. The average molecular weight is 395 g/mol. The summed E-state index contributed by atoms with van der Waals surface area (Å²) >= 11 is 0. The predicted molar refractivity (Wildman–Crippen MR) is 118 cm³/mol. The summed E-state index contributed by atoms with van der Waals surface area (Å²) in [6.45, 7) is 12.7. The molecule has 1 amide bonds. The minimum absolute atomic E-state index is 0.165. The maximum atomic E-state index is 13.2. The number of benzene rings is 1. The molecule has 0 bridgehead atoms. The molecule has 3 rings (SSSR count). The Morgan fingerprint density at radius 3 is 2.55 bits per heavy atom. The number of hydrogen-bond donors (Lipinski definition) is 1. The van der Waals surface area contributed by atoms with E-state index in [-0.39, 0.29) is 5.91 Å². The fourth-order valence-electron chi connectivity index (χ4n) is 3.60. The van der Waals surface area contributed by atoms with Gasteiger partial charge in [0.15, 0.2) is 11.4 Å². The second kappa shape index (κ2) is 8.99. The molecule has 6 nitrogen and oxygen atoms in total. The number of fused-ring (bicyclic) bond motifs is 1. The van der Waals surface area contributed by atoms with Gasteiger partial charge in [-0.05, 0) is 70.0 Å². The number of rotatable bonds is 8. The first-order valence-electron chi connectivity index (χ1n) is 10.3. The van der Waals surface area contributed by atoms with Crippen LogP contribution in [0.2, 0.25) is 0 Å². The minimum Gasteiger partial charge on any atom is -0.490 e. The first-order valence-corrected chi connectivity index (χ1v) is 10.3. The normalized spacial score (nSPS) is 10.9. The number of nitrogens with one attached hydrogen (secondary N) is 1. The molecule has 0 saturated heterocycles. The Kier molecular flexibility index (Phi) is 6.42. The number of carbonyl (C=O) groups excluding carboxylic acids is 1. The maximum absolute atomic E-state index is 13.2. The van der Waals surface area contributed by atoms with Gasteiger partial charge in [-0.25, -0.2) is 4.98 Å². The van der Waals surface area contributed by atoms with Gasteiger partial charge in [-0.2, -0.15) is 0 Å². The third kappa shape index (κ3) is 4.06. The number of anilines is 2. The van der Waals surface area contributed by atoms with Crippen molar-refractivity contribution in [3.8, 4) is 5.75 Å². The zero-order valence-electron chi connectivity index (χ0n) is 18.0. The van der Waals surface area contributed by atoms with Crippen LogP contribution in [0.3, 0.4) is 0 Å². The van der Waals surface area contributed by atoms with Gasteiger partial charge in [0.1, 0.15) is 5.69 Å². The summed E-state index contributed by atoms with van der Waals surface area (Å²) in [4.78, 5) is 20.1. The molecule has 3 aromatic rings. The molecular formula is C23H30N4O2. The highest BCUT2D eigenvalue weighted by atomic mass is 16.5. The van der Waals surface area contributed by atoms with E-state index in [0.717, 1.165) is 35.7 Å². The molecule has 6 heteroatoms. The van der Waals surface area contributed by atoms with Crippen molar-refractivity contribution in [2.45, 2.75) is 41.0 Å². The van der Waals surface area contributed by atoms with Crippen molar-refractivity contribution in [1.82, 2.24) is 9.38 Å². The number of aryl methyl sites for hydroxylation is 2. The lowest BCUT2D eigenvalue weighted by molar-refractivity contribution is 0.102. The molecule has 0 unspecified atom stereocenters. The highest BCUT2D eigenvalue weighted by Gasteiger charge is 2.21. The molecule has 0 aliphatic carbocycles. The lowest BCUT2D eigenvalue weighted by Gasteiger charge is -2.22. The molecule has 2 heterocycles. The van der Waals surface area contributed by atoms with Gasteiger partial charge in [0.25, 0.3) is 5.91 Å². The van der Waals surface area contributed by atoms with Crippen molar-refractivity contribution in [1.29, 1.82) is 0 Å². The van der Waals surface area contributed by atoms with Crippen LogP contribution >= 0.6 is 0 Å². The van der Waals surface area contributed by atoms with Crippen molar-refractivity contribution in [3.63, 3.8) is 0 Å². The Labute approximate surface area is 172 Å². The smallest absolute Gasteiger partial charge is 0.274 e. The molecule has 2 aromatic heterocycles. The number of nitrogens with zero attached hydrogens (tertiary/aromatic N) is 3. The lowest BCUT2D eigenvalue weighted by Crippen LogP contribution is -2.22. The summed E-state index contributed by atoms with van der Waals surface area (Å²) in [7, 11) is 0. The molecule has 154 valence electrons. The standard InChI is InChI=1S/C23H30N4O2/c1-6-18-21(27-14-10-11-20(29-9-4)22(27)24-18)23(28)25-19-13-12-17(15-16(19)5)26(7-2)8-3/h10-15H,6-9H2,1-5H3,(H,25,28). The average Bonchev–Trinajstić information content (AvgIpc) is 3.11. The molecule has 0 saturated carbocycles. The second-order valence-corrected chi connectivity index (χ2v) is 6.89. The van der Waals surface area contributed by atoms with Crippen LogP contribution in [0, 0.1) is 6.92 Å². The monoisotopic (exact) mass is 394 g/mol. The van der Waals surface area contributed by atoms with E-state index in [1.54, 1.807) is 0 Å². The third-order valence-corrected chi connectivity index (χ3v) is 5.12. The molecule has 0 atom stereocenters. The van der Waals surface area contributed by atoms with E-state index in [0.29, 0.717) is 30.1 Å². The van der Waals surface area contributed by atoms with Gasteiger partial charge >= 0.3 is 0 Å². The summed E-state index contributed by atoms with van der Waals surface area (Å²) in [5.74, 6) is 0.519. The SMILES string of the molecule is CCOc1cccn2c(C(=O)Nc3ccc(N(CC)CC)cc3C)c(CC)nc12. The summed E-state index contributed by atoms with van der Waals surface area (Å²) < 4.78 is 7.50. The van der Waals surface area contributed by atoms with E-state index in [2.05, 4.69) is 41.2 Å². The van der Waals surface area contributed by atoms with Crippen molar-refractivity contribution >= 4 is 22.9 Å². The predicted octanol–water partition coefficient (Wildman–Crippen LogP) is 4.70. The third-order valence-electron chi connectivity index (χ3n) is 5.12. The molecule has 1 N–H and O–H groups in total. The van der Waals surface area contributed by atoms with Crippen LogP contribution in [-0.2, 0) is 6.42 Å². The lowest BCUT2D eigenvalue weighted by atomic mass is 10.1. The molecular weight excluding hydrogens is 364 g/mol. The number of imidazole rings is 1. The van der Waals surface area contributed by atoms with Gasteiger partial charge in [-0.15, -0.1) is 0 Å². The van der Waals surface area contributed by atoms with E-state index < -0.39 is 0 Å². The van der Waals surface area contributed by atoms with E-state index in [9.17, 15) is 4.79 Å². The van der Waals surface area contributed by atoms with Crippen LogP contribution in [0.1, 0.15) is 49.4 Å². The summed E-state index contributed by atoms with van der Waals surface area (Å²) in [6.07, 6.45) is 2.52.